The summed E-state index contributed by atoms with van der Waals surface area (Å²) in [5, 5.41) is 0. The lowest BCUT2D eigenvalue weighted by Crippen LogP contribution is -2.05. The molecule has 1 heterocycles. The van der Waals surface area contributed by atoms with Gasteiger partial charge < -0.3 is 10.3 Å². The van der Waals surface area contributed by atoms with E-state index in [-0.39, 0.29) is 0 Å². The SMILES string of the molecule is Nc1cn(C2CCCCCC2)cn1. The van der Waals surface area contributed by atoms with Gasteiger partial charge in [-0.05, 0) is 12.8 Å². The molecule has 0 bridgehead atoms. The van der Waals surface area contributed by atoms with Gasteiger partial charge in [-0.25, -0.2) is 4.98 Å². The van der Waals surface area contributed by atoms with Crippen molar-refractivity contribution in [2.24, 2.45) is 0 Å². The highest BCUT2D eigenvalue weighted by atomic mass is 15.1. The Balaban J connectivity index is 2.06. The van der Waals surface area contributed by atoms with Crippen LogP contribution in [0.15, 0.2) is 12.5 Å². The molecule has 0 atom stereocenters. The predicted octanol–water partition coefficient (Wildman–Crippen LogP) is 2.36. The summed E-state index contributed by atoms with van der Waals surface area (Å²) in [7, 11) is 0. The first-order valence-corrected chi connectivity index (χ1v) is 5.15. The highest BCUT2D eigenvalue weighted by Crippen LogP contribution is 2.27. The number of imidazole rings is 1. The maximum atomic E-state index is 5.59. The molecule has 1 fully saturated rings. The van der Waals surface area contributed by atoms with Crippen molar-refractivity contribution in [2.75, 3.05) is 5.73 Å². The van der Waals surface area contributed by atoms with Gasteiger partial charge in [0.25, 0.3) is 0 Å². The smallest absolute Gasteiger partial charge is 0.141 e. The molecule has 3 nitrogen and oxygen atoms in total. The van der Waals surface area contributed by atoms with Crippen molar-refractivity contribution in [1.82, 2.24) is 9.55 Å². The summed E-state index contributed by atoms with van der Waals surface area (Å²) in [4.78, 5) is 4.06. The van der Waals surface area contributed by atoms with Crippen molar-refractivity contribution in [3.05, 3.63) is 12.5 Å². The summed E-state index contributed by atoms with van der Waals surface area (Å²) in [6.45, 7) is 0. The Hall–Kier alpha value is -0.990. The lowest BCUT2D eigenvalue weighted by Gasteiger charge is -2.14. The van der Waals surface area contributed by atoms with Crippen LogP contribution in [0.25, 0.3) is 0 Å². The average Bonchev–Trinajstić information content (AvgIpc) is 2.43. The summed E-state index contributed by atoms with van der Waals surface area (Å²) in [5.74, 6) is 0.643. The molecule has 0 unspecified atom stereocenters. The molecule has 3 heteroatoms. The van der Waals surface area contributed by atoms with E-state index >= 15 is 0 Å². The van der Waals surface area contributed by atoms with Crippen LogP contribution in [0.4, 0.5) is 5.82 Å². The summed E-state index contributed by atoms with van der Waals surface area (Å²) >= 11 is 0. The highest BCUT2D eigenvalue weighted by Gasteiger charge is 2.13. The number of hydrogen-bond acceptors (Lipinski definition) is 2. The fourth-order valence-corrected chi connectivity index (χ4v) is 2.11. The van der Waals surface area contributed by atoms with Gasteiger partial charge in [0, 0.05) is 12.2 Å². The van der Waals surface area contributed by atoms with Crippen LogP contribution in [0.1, 0.15) is 44.6 Å². The van der Waals surface area contributed by atoms with E-state index in [0.29, 0.717) is 11.9 Å². The minimum atomic E-state index is 0.643. The quantitative estimate of drug-likeness (QED) is 0.672. The third kappa shape index (κ3) is 2.02. The average molecular weight is 179 g/mol. The van der Waals surface area contributed by atoms with Crippen LogP contribution < -0.4 is 5.73 Å². The molecule has 1 aromatic rings. The molecule has 2 N–H and O–H groups in total. The van der Waals surface area contributed by atoms with Crippen molar-refractivity contribution in [3.63, 3.8) is 0 Å². The molecular weight excluding hydrogens is 162 g/mol. The van der Waals surface area contributed by atoms with Crippen LogP contribution in [0.2, 0.25) is 0 Å². The molecule has 1 aliphatic rings. The molecule has 2 rings (SSSR count). The van der Waals surface area contributed by atoms with Gasteiger partial charge in [-0.1, -0.05) is 25.7 Å². The largest absolute Gasteiger partial charge is 0.382 e. The van der Waals surface area contributed by atoms with Crippen LogP contribution in [0.3, 0.4) is 0 Å². The molecule has 0 saturated heterocycles. The Morgan fingerprint density at radius 1 is 1.23 bits per heavy atom. The van der Waals surface area contributed by atoms with Crippen LogP contribution in [-0.4, -0.2) is 9.55 Å². The van der Waals surface area contributed by atoms with Crippen LogP contribution in [0.5, 0.6) is 0 Å². The minimum absolute atomic E-state index is 0.643. The first-order chi connectivity index (χ1) is 6.36. The summed E-state index contributed by atoms with van der Waals surface area (Å²) < 4.78 is 2.18. The van der Waals surface area contributed by atoms with Crippen LogP contribution >= 0.6 is 0 Å². The van der Waals surface area contributed by atoms with E-state index in [1.54, 1.807) is 0 Å². The van der Waals surface area contributed by atoms with Gasteiger partial charge in [0.2, 0.25) is 0 Å². The Bertz CT molecular complexity index is 259. The topological polar surface area (TPSA) is 43.8 Å². The molecule has 1 aromatic heterocycles. The van der Waals surface area contributed by atoms with E-state index in [0.717, 1.165) is 0 Å². The molecule has 0 radical (unpaired) electrons. The van der Waals surface area contributed by atoms with E-state index in [1.165, 1.54) is 38.5 Å². The van der Waals surface area contributed by atoms with E-state index in [9.17, 15) is 0 Å². The van der Waals surface area contributed by atoms with Crippen molar-refractivity contribution in [1.29, 1.82) is 0 Å². The van der Waals surface area contributed by atoms with E-state index < -0.39 is 0 Å². The Kier molecular flexibility index (Phi) is 2.52. The van der Waals surface area contributed by atoms with Crippen LogP contribution in [0, 0.1) is 0 Å². The Morgan fingerprint density at radius 3 is 2.46 bits per heavy atom. The molecular formula is C10H17N3. The lowest BCUT2D eigenvalue weighted by atomic mass is 10.1. The summed E-state index contributed by atoms with van der Waals surface area (Å²) in [5.41, 5.74) is 5.59. The zero-order chi connectivity index (χ0) is 9.10. The molecule has 0 aliphatic heterocycles. The highest BCUT2D eigenvalue weighted by molar-refractivity contribution is 5.22. The maximum absolute atomic E-state index is 5.59. The van der Waals surface area contributed by atoms with E-state index in [1.807, 2.05) is 12.5 Å². The molecule has 72 valence electrons. The number of nitrogens with two attached hydrogens (primary N) is 1. The van der Waals surface area contributed by atoms with Gasteiger partial charge in [0.05, 0.1) is 6.33 Å². The van der Waals surface area contributed by atoms with Gasteiger partial charge in [-0.3, -0.25) is 0 Å². The van der Waals surface area contributed by atoms with Crippen molar-refractivity contribution < 1.29 is 0 Å². The second-order valence-corrected chi connectivity index (χ2v) is 3.89. The maximum Gasteiger partial charge on any atom is 0.141 e. The third-order valence-corrected chi connectivity index (χ3v) is 2.87. The molecule has 0 spiro atoms. The van der Waals surface area contributed by atoms with Gasteiger partial charge in [0.1, 0.15) is 5.82 Å². The molecule has 0 aromatic carbocycles. The standard InChI is InChI=1S/C10H17N3/c11-10-7-13(8-12-10)9-5-3-1-2-4-6-9/h7-9H,1-6,11H2. The molecule has 0 amide bonds. The fourth-order valence-electron chi connectivity index (χ4n) is 2.11. The number of anilines is 1. The van der Waals surface area contributed by atoms with Gasteiger partial charge in [-0.2, -0.15) is 0 Å². The number of hydrogen-bond donors (Lipinski definition) is 1. The number of aromatic nitrogens is 2. The number of nitrogen functional groups attached to an aromatic ring is 1. The van der Waals surface area contributed by atoms with Gasteiger partial charge in [0.15, 0.2) is 0 Å². The first-order valence-electron chi connectivity index (χ1n) is 5.15. The van der Waals surface area contributed by atoms with Gasteiger partial charge in [-0.15, -0.1) is 0 Å². The normalized spacial score (nSPS) is 20.0. The van der Waals surface area contributed by atoms with Crippen molar-refractivity contribution in [3.8, 4) is 0 Å². The second-order valence-electron chi connectivity index (χ2n) is 3.89. The van der Waals surface area contributed by atoms with Crippen molar-refractivity contribution >= 4 is 5.82 Å². The lowest BCUT2D eigenvalue weighted by molar-refractivity contribution is 0.443. The van der Waals surface area contributed by atoms with Crippen LogP contribution in [-0.2, 0) is 0 Å². The summed E-state index contributed by atoms with van der Waals surface area (Å²) in [6, 6.07) is 0.646. The zero-order valence-electron chi connectivity index (χ0n) is 7.95. The molecule has 1 saturated carbocycles. The predicted molar refractivity (Wildman–Crippen MR) is 53.4 cm³/mol. The molecule has 1 aliphatic carbocycles. The fraction of sp³-hybridized carbons (Fsp3) is 0.700. The summed E-state index contributed by atoms with van der Waals surface area (Å²) in [6.07, 6.45) is 11.9. The van der Waals surface area contributed by atoms with Crippen molar-refractivity contribution in [2.45, 2.75) is 44.6 Å². The van der Waals surface area contributed by atoms with E-state index in [4.69, 9.17) is 5.73 Å². The Labute approximate surface area is 79.0 Å². The number of rotatable bonds is 1. The zero-order valence-corrected chi connectivity index (χ0v) is 7.95. The third-order valence-electron chi connectivity index (χ3n) is 2.87. The van der Waals surface area contributed by atoms with E-state index in [2.05, 4.69) is 9.55 Å². The minimum Gasteiger partial charge on any atom is -0.382 e. The Morgan fingerprint density at radius 2 is 1.92 bits per heavy atom. The first kappa shape index (κ1) is 8.60. The molecule has 13 heavy (non-hydrogen) atoms. The number of nitrogens with zero attached hydrogens (tertiary/aromatic N) is 2. The second kappa shape index (κ2) is 3.81. The van der Waals surface area contributed by atoms with Gasteiger partial charge >= 0.3 is 0 Å². The monoisotopic (exact) mass is 179 g/mol.